The first kappa shape index (κ1) is 14.5. The zero-order valence-electron chi connectivity index (χ0n) is 10.2. The van der Waals surface area contributed by atoms with Crippen LogP contribution in [0.5, 0.6) is 0 Å². The van der Waals surface area contributed by atoms with E-state index in [1.54, 1.807) is 0 Å². The minimum atomic E-state index is -1.26. The van der Waals surface area contributed by atoms with Crippen LogP contribution in [0.15, 0.2) is 12.1 Å². The van der Waals surface area contributed by atoms with Gasteiger partial charge in [0.25, 0.3) is 0 Å². The van der Waals surface area contributed by atoms with E-state index >= 15 is 0 Å². The Bertz CT molecular complexity index is 455. The normalized spacial score (nSPS) is 12.5. The molecule has 0 aliphatic rings. The van der Waals surface area contributed by atoms with E-state index in [-0.39, 0.29) is 5.56 Å². The molecule has 0 heterocycles. The summed E-state index contributed by atoms with van der Waals surface area (Å²) in [6.07, 6.45) is 0. The lowest BCUT2D eigenvalue weighted by Crippen LogP contribution is -2.29. The second kappa shape index (κ2) is 6.38. The van der Waals surface area contributed by atoms with Gasteiger partial charge in [0.05, 0.1) is 6.07 Å². The van der Waals surface area contributed by atoms with E-state index in [2.05, 4.69) is 5.32 Å². The van der Waals surface area contributed by atoms with Crippen molar-refractivity contribution >= 4 is 0 Å². The van der Waals surface area contributed by atoms with Crippen LogP contribution >= 0.6 is 0 Å². The monoisotopic (exact) mass is 257 g/mol. The lowest BCUT2D eigenvalue weighted by Gasteiger charge is -2.15. The Kier molecular flexibility index (Phi) is 5.13. The first-order valence-corrected chi connectivity index (χ1v) is 5.38. The van der Waals surface area contributed by atoms with Gasteiger partial charge < -0.3 is 4.90 Å². The van der Waals surface area contributed by atoms with Crippen LogP contribution in [0.25, 0.3) is 0 Å². The largest absolute Gasteiger partial charge is 0.308 e. The summed E-state index contributed by atoms with van der Waals surface area (Å²) in [5.74, 6) is -3.36. The lowest BCUT2D eigenvalue weighted by molar-refractivity contribution is 0.392. The maximum absolute atomic E-state index is 13.4. The molecule has 0 aromatic heterocycles. The van der Waals surface area contributed by atoms with Crippen molar-refractivity contribution in [1.82, 2.24) is 10.2 Å². The molecule has 1 aromatic rings. The molecule has 1 atom stereocenters. The summed E-state index contributed by atoms with van der Waals surface area (Å²) < 4.78 is 39.2. The quantitative estimate of drug-likeness (QED) is 0.818. The van der Waals surface area contributed by atoms with Crippen LogP contribution in [0.3, 0.4) is 0 Å². The average Bonchev–Trinajstić information content (AvgIpc) is 2.30. The number of nitriles is 1. The highest BCUT2D eigenvalue weighted by Gasteiger charge is 2.18. The molecule has 1 unspecified atom stereocenters. The zero-order chi connectivity index (χ0) is 13.7. The predicted octanol–water partition coefficient (Wildman–Crippen LogP) is 1.82. The van der Waals surface area contributed by atoms with Gasteiger partial charge >= 0.3 is 0 Å². The van der Waals surface area contributed by atoms with Crippen molar-refractivity contribution < 1.29 is 13.2 Å². The Morgan fingerprint density at radius 2 is 1.83 bits per heavy atom. The fourth-order valence-electron chi connectivity index (χ4n) is 1.42. The van der Waals surface area contributed by atoms with Crippen LogP contribution in [0.1, 0.15) is 11.6 Å². The highest BCUT2D eigenvalue weighted by Crippen LogP contribution is 2.19. The number of rotatable bonds is 5. The van der Waals surface area contributed by atoms with Gasteiger partial charge in [-0.3, -0.25) is 5.32 Å². The highest BCUT2D eigenvalue weighted by molar-refractivity contribution is 5.27. The molecule has 1 aromatic carbocycles. The van der Waals surface area contributed by atoms with E-state index in [0.29, 0.717) is 25.2 Å². The fourth-order valence-corrected chi connectivity index (χ4v) is 1.42. The number of benzene rings is 1. The Hall–Kier alpha value is -1.58. The summed E-state index contributed by atoms with van der Waals surface area (Å²) in [5.41, 5.74) is -0.185. The second-order valence-electron chi connectivity index (χ2n) is 4.11. The van der Waals surface area contributed by atoms with Crippen molar-refractivity contribution in [3.8, 4) is 6.07 Å². The highest BCUT2D eigenvalue weighted by atomic mass is 19.2. The van der Waals surface area contributed by atoms with Crippen molar-refractivity contribution in [3.63, 3.8) is 0 Å². The van der Waals surface area contributed by atoms with Gasteiger partial charge in [-0.15, -0.1) is 0 Å². The molecule has 1 N–H and O–H groups in total. The number of nitrogens with zero attached hydrogens (tertiary/aromatic N) is 2. The van der Waals surface area contributed by atoms with Crippen molar-refractivity contribution in [3.05, 3.63) is 35.1 Å². The third-order valence-electron chi connectivity index (χ3n) is 2.39. The van der Waals surface area contributed by atoms with Crippen LogP contribution in [-0.4, -0.2) is 32.1 Å². The molecule has 98 valence electrons. The van der Waals surface area contributed by atoms with Gasteiger partial charge in [0.1, 0.15) is 11.9 Å². The Labute approximate surface area is 104 Å². The van der Waals surface area contributed by atoms with E-state index in [4.69, 9.17) is 5.26 Å². The molecule has 1 rings (SSSR count). The van der Waals surface area contributed by atoms with Crippen LogP contribution in [0.4, 0.5) is 13.2 Å². The third kappa shape index (κ3) is 3.72. The maximum atomic E-state index is 13.4. The molecular formula is C12H14F3N3. The van der Waals surface area contributed by atoms with Crippen LogP contribution in [-0.2, 0) is 0 Å². The summed E-state index contributed by atoms with van der Waals surface area (Å²) in [4.78, 5) is 1.88. The van der Waals surface area contributed by atoms with Crippen molar-refractivity contribution in [2.75, 3.05) is 27.2 Å². The topological polar surface area (TPSA) is 39.1 Å². The number of hydrogen-bond acceptors (Lipinski definition) is 3. The number of nitrogens with one attached hydrogen (secondary N) is 1. The third-order valence-corrected chi connectivity index (χ3v) is 2.39. The van der Waals surface area contributed by atoms with Crippen molar-refractivity contribution in [2.24, 2.45) is 0 Å². The Balaban J connectivity index is 2.83. The smallest absolute Gasteiger partial charge is 0.161 e. The lowest BCUT2D eigenvalue weighted by atomic mass is 10.1. The standard InChI is InChI=1S/C12H14F3N3/c1-18(2)4-3-17-12(7-16)8-5-10(14)11(15)6-9(8)13/h5-6,12,17H,3-4H2,1-2H3. The number of halogens is 3. The Morgan fingerprint density at radius 1 is 1.22 bits per heavy atom. The Morgan fingerprint density at radius 3 is 2.39 bits per heavy atom. The summed E-state index contributed by atoms with van der Waals surface area (Å²) in [5, 5.41) is 11.7. The zero-order valence-corrected chi connectivity index (χ0v) is 10.2. The van der Waals surface area contributed by atoms with Gasteiger partial charge in [-0.25, -0.2) is 13.2 Å². The first-order chi connectivity index (χ1) is 8.45. The van der Waals surface area contributed by atoms with E-state index in [1.165, 1.54) is 0 Å². The molecule has 0 radical (unpaired) electrons. The maximum Gasteiger partial charge on any atom is 0.161 e. The molecule has 0 saturated carbocycles. The van der Waals surface area contributed by atoms with Gasteiger partial charge in [0.15, 0.2) is 11.6 Å². The van der Waals surface area contributed by atoms with E-state index in [0.717, 1.165) is 0 Å². The fraction of sp³-hybridized carbons (Fsp3) is 0.417. The van der Waals surface area contributed by atoms with Gasteiger partial charge in [-0.05, 0) is 20.2 Å². The van der Waals surface area contributed by atoms with E-state index in [1.807, 2.05) is 25.1 Å². The van der Waals surface area contributed by atoms with Crippen molar-refractivity contribution in [1.29, 1.82) is 5.26 Å². The predicted molar refractivity (Wildman–Crippen MR) is 61.2 cm³/mol. The number of hydrogen-bond donors (Lipinski definition) is 1. The second-order valence-corrected chi connectivity index (χ2v) is 4.11. The van der Waals surface area contributed by atoms with Gasteiger partial charge in [-0.1, -0.05) is 0 Å². The summed E-state index contributed by atoms with van der Waals surface area (Å²) in [6.45, 7) is 1.08. The minimum Gasteiger partial charge on any atom is -0.308 e. The summed E-state index contributed by atoms with van der Waals surface area (Å²) in [7, 11) is 3.70. The van der Waals surface area contributed by atoms with Crippen LogP contribution in [0.2, 0.25) is 0 Å². The molecule has 18 heavy (non-hydrogen) atoms. The summed E-state index contributed by atoms with van der Waals surface area (Å²) >= 11 is 0. The number of likely N-dealkylation sites (N-methyl/N-ethyl adjacent to an activating group) is 1. The molecule has 0 fully saturated rings. The SMILES string of the molecule is CN(C)CCNC(C#N)c1cc(F)c(F)cc1F. The summed E-state index contributed by atoms with van der Waals surface area (Å²) in [6, 6.07) is 1.98. The molecule has 0 aliphatic carbocycles. The minimum absolute atomic E-state index is 0.185. The van der Waals surface area contributed by atoms with Gasteiger partial charge in [0, 0.05) is 24.7 Å². The molecule has 3 nitrogen and oxygen atoms in total. The van der Waals surface area contributed by atoms with Gasteiger partial charge in [-0.2, -0.15) is 5.26 Å². The van der Waals surface area contributed by atoms with Gasteiger partial charge in [0.2, 0.25) is 0 Å². The molecular weight excluding hydrogens is 243 g/mol. The molecule has 0 spiro atoms. The molecule has 0 aliphatic heterocycles. The van der Waals surface area contributed by atoms with E-state index < -0.39 is 23.5 Å². The molecule has 0 saturated heterocycles. The molecule has 6 heteroatoms. The van der Waals surface area contributed by atoms with Crippen LogP contribution < -0.4 is 5.32 Å². The van der Waals surface area contributed by atoms with Crippen molar-refractivity contribution in [2.45, 2.75) is 6.04 Å². The molecule has 0 bridgehead atoms. The van der Waals surface area contributed by atoms with Crippen LogP contribution in [0, 0.1) is 28.8 Å². The first-order valence-electron chi connectivity index (χ1n) is 5.38. The molecule has 0 amide bonds. The average molecular weight is 257 g/mol. The van der Waals surface area contributed by atoms with E-state index in [9.17, 15) is 13.2 Å².